The molecule has 17 heavy (non-hydrogen) atoms. The second kappa shape index (κ2) is 4.45. The zero-order chi connectivity index (χ0) is 12.4. The maximum absolute atomic E-state index is 13.2. The third kappa shape index (κ3) is 2.22. The molecule has 0 atom stereocenters. The van der Waals surface area contributed by atoms with Crippen LogP contribution in [-0.4, -0.2) is 0 Å². The van der Waals surface area contributed by atoms with Crippen molar-refractivity contribution in [3.8, 4) is 0 Å². The summed E-state index contributed by atoms with van der Waals surface area (Å²) in [5.74, 6) is -3.92. The largest absolute Gasteiger partial charge is 0.237 e. The van der Waals surface area contributed by atoms with E-state index in [2.05, 4.69) is 5.32 Å². The Kier molecular flexibility index (Phi) is 2.99. The lowest BCUT2D eigenvalue weighted by Crippen LogP contribution is -2.00. The van der Waals surface area contributed by atoms with Crippen LogP contribution in [0.5, 0.6) is 0 Å². The van der Waals surface area contributed by atoms with E-state index in [1.54, 1.807) is 0 Å². The fourth-order valence-corrected chi connectivity index (χ4v) is 1.30. The Balaban J connectivity index is 2.45. The maximum Gasteiger partial charge on any atom is 0.151 e. The molecule has 87 valence electrons. The van der Waals surface area contributed by atoms with Crippen LogP contribution in [-0.2, 0) is 0 Å². The molecule has 0 saturated heterocycles. The highest BCUT2D eigenvalue weighted by Crippen LogP contribution is 2.27. The van der Waals surface area contributed by atoms with Crippen LogP contribution in [0, 0.1) is 23.3 Å². The minimum Gasteiger partial charge on any atom is -0.237 e. The Labute approximate surface area is 94.7 Å². The van der Waals surface area contributed by atoms with Crippen LogP contribution >= 0.6 is 0 Å². The number of rotatable bonds is 2. The molecule has 0 amide bonds. The molecule has 0 bridgehead atoms. The van der Waals surface area contributed by atoms with Crippen molar-refractivity contribution in [2.24, 2.45) is 0 Å². The van der Waals surface area contributed by atoms with Crippen LogP contribution in [0.1, 0.15) is 0 Å². The Morgan fingerprint density at radius 3 is 1.18 bits per heavy atom. The van der Waals surface area contributed by atoms with Crippen LogP contribution in [0.25, 0.3) is 0 Å². The van der Waals surface area contributed by atoms with Gasteiger partial charge in [0.2, 0.25) is 0 Å². The summed E-state index contributed by atoms with van der Waals surface area (Å²) in [6.07, 6.45) is 0. The van der Waals surface area contributed by atoms with E-state index in [4.69, 9.17) is 0 Å². The highest BCUT2D eigenvalue weighted by molar-refractivity contribution is 5.51. The maximum atomic E-state index is 13.2. The van der Waals surface area contributed by atoms with Crippen LogP contribution in [0.2, 0.25) is 0 Å². The predicted octanol–water partition coefficient (Wildman–Crippen LogP) is 3.81. The molecule has 0 aliphatic heterocycles. The molecule has 0 heterocycles. The van der Waals surface area contributed by atoms with E-state index >= 15 is 0 Å². The lowest BCUT2D eigenvalue weighted by molar-refractivity contribution is 0.559. The first-order valence-corrected chi connectivity index (χ1v) is 4.69. The van der Waals surface area contributed by atoms with Gasteiger partial charge in [0, 0.05) is 0 Å². The summed E-state index contributed by atoms with van der Waals surface area (Å²) >= 11 is 0. The van der Waals surface area contributed by atoms with Gasteiger partial charge in [0.15, 0.2) is 23.3 Å². The third-order valence-electron chi connectivity index (χ3n) is 2.10. The topological polar surface area (TPSA) is 14.1 Å². The van der Waals surface area contributed by atoms with E-state index in [0.29, 0.717) is 0 Å². The van der Waals surface area contributed by atoms with Crippen molar-refractivity contribution < 1.29 is 17.6 Å². The Morgan fingerprint density at radius 1 is 0.588 bits per heavy atom. The molecule has 0 N–H and O–H groups in total. The van der Waals surface area contributed by atoms with Crippen molar-refractivity contribution in [3.63, 3.8) is 0 Å². The van der Waals surface area contributed by atoms with Crippen LogP contribution in [0.3, 0.4) is 0 Å². The van der Waals surface area contributed by atoms with Gasteiger partial charge in [-0.15, -0.1) is 0 Å². The van der Waals surface area contributed by atoms with E-state index in [0.717, 1.165) is 36.4 Å². The average molecular weight is 240 g/mol. The van der Waals surface area contributed by atoms with Gasteiger partial charge in [-0.25, -0.2) is 22.9 Å². The Hall–Kier alpha value is -2.04. The zero-order valence-corrected chi connectivity index (χ0v) is 8.42. The van der Waals surface area contributed by atoms with Gasteiger partial charge in [0.25, 0.3) is 0 Å². The van der Waals surface area contributed by atoms with E-state index in [1.165, 1.54) is 0 Å². The highest BCUT2D eigenvalue weighted by atomic mass is 19.1. The highest BCUT2D eigenvalue weighted by Gasteiger charge is 2.15. The fraction of sp³-hybridized carbons (Fsp3) is 0. The molecule has 1 nitrogen and oxygen atoms in total. The van der Waals surface area contributed by atoms with Gasteiger partial charge in [-0.1, -0.05) is 12.1 Å². The minimum atomic E-state index is -0.979. The number of para-hydroxylation sites is 2. The van der Waals surface area contributed by atoms with Gasteiger partial charge >= 0.3 is 0 Å². The molecule has 5 heteroatoms. The monoisotopic (exact) mass is 240 g/mol. The van der Waals surface area contributed by atoms with Crippen molar-refractivity contribution in [3.05, 3.63) is 59.7 Å². The molecule has 2 aromatic carbocycles. The molecule has 0 fully saturated rings. The predicted molar refractivity (Wildman–Crippen MR) is 54.2 cm³/mol. The van der Waals surface area contributed by atoms with Crippen molar-refractivity contribution in [2.75, 3.05) is 0 Å². The number of hydrogen-bond acceptors (Lipinski definition) is 0. The van der Waals surface area contributed by atoms with Gasteiger partial charge in [-0.3, -0.25) is 0 Å². The van der Waals surface area contributed by atoms with E-state index in [1.807, 2.05) is 0 Å². The summed E-state index contributed by atoms with van der Waals surface area (Å²) in [4.78, 5) is 0. The second-order valence-corrected chi connectivity index (χ2v) is 3.25. The summed E-state index contributed by atoms with van der Waals surface area (Å²) in [7, 11) is 0. The van der Waals surface area contributed by atoms with Crippen molar-refractivity contribution in [2.45, 2.75) is 0 Å². The summed E-state index contributed by atoms with van der Waals surface area (Å²) in [6, 6.07) is 6.12. The Bertz CT molecular complexity index is 464. The summed E-state index contributed by atoms with van der Waals surface area (Å²) < 4.78 is 52.9. The lowest BCUT2D eigenvalue weighted by atomic mass is 10.2. The van der Waals surface area contributed by atoms with E-state index in [9.17, 15) is 17.6 Å². The van der Waals surface area contributed by atoms with Crippen molar-refractivity contribution in [1.29, 1.82) is 0 Å². The number of benzene rings is 2. The number of halogens is 4. The lowest BCUT2D eigenvalue weighted by Gasteiger charge is -2.07. The SMILES string of the molecule is Fc1cccc(F)c1[N]c1c(F)cccc1F. The standard InChI is InChI=1S/C12H6F4N/c13-7-3-1-4-8(14)11(7)17-12-9(15)5-2-6-10(12)16/h1-6H. The van der Waals surface area contributed by atoms with Crippen LogP contribution in [0.15, 0.2) is 36.4 Å². The van der Waals surface area contributed by atoms with Gasteiger partial charge < -0.3 is 0 Å². The smallest absolute Gasteiger partial charge is 0.151 e. The summed E-state index contributed by atoms with van der Waals surface area (Å²) in [5, 5.41) is 3.34. The Morgan fingerprint density at radius 2 is 0.882 bits per heavy atom. The third-order valence-corrected chi connectivity index (χ3v) is 2.10. The van der Waals surface area contributed by atoms with Gasteiger partial charge in [-0.2, -0.15) is 0 Å². The minimum absolute atomic E-state index is 0.712. The summed E-state index contributed by atoms with van der Waals surface area (Å²) in [5.41, 5.74) is -1.42. The van der Waals surface area contributed by atoms with Crippen LogP contribution in [0.4, 0.5) is 28.9 Å². The molecule has 0 aliphatic rings. The molecular formula is C12H6F4N. The molecular weight excluding hydrogens is 234 g/mol. The molecule has 0 saturated carbocycles. The number of hydrogen-bond donors (Lipinski definition) is 0. The van der Waals surface area contributed by atoms with Gasteiger partial charge in [0.1, 0.15) is 11.4 Å². The normalized spacial score (nSPS) is 10.4. The molecule has 0 spiro atoms. The zero-order valence-electron chi connectivity index (χ0n) is 8.42. The van der Waals surface area contributed by atoms with E-state index in [-0.39, 0.29) is 0 Å². The second-order valence-electron chi connectivity index (χ2n) is 3.25. The first-order valence-electron chi connectivity index (χ1n) is 4.69. The summed E-state index contributed by atoms with van der Waals surface area (Å²) in [6.45, 7) is 0. The van der Waals surface area contributed by atoms with Crippen LogP contribution < -0.4 is 5.32 Å². The molecule has 0 aromatic heterocycles. The van der Waals surface area contributed by atoms with Gasteiger partial charge in [0.05, 0.1) is 0 Å². The quantitative estimate of drug-likeness (QED) is 0.708. The van der Waals surface area contributed by atoms with Crippen molar-refractivity contribution in [1.82, 2.24) is 5.32 Å². The molecule has 0 aliphatic carbocycles. The van der Waals surface area contributed by atoms with E-state index < -0.39 is 34.6 Å². The number of nitrogens with zero attached hydrogens (tertiary/aromatic N) is 1. The molecule has 1 radical (unpaired) electrons. The molecule has 2 aromatic rings. The molecule has 2 rings (SSSR count). The van der Waals surface area contributed by atoms with Gasteiger partial charge in [-0.05, 0) is 24.3 Å². The van der Waals surface area contributed by atoms with Crippen molar-refractivity contribution >= 4 is 11.4 Å². The average Bonchev–Trinajstić information content (AvgIpc) is 2.27. The fourth-order valence-electron chi connectivity index (χ4n) is 1.30. The molecule has 0 unspecified atom stereocenters. The first-order chi connectivity index (χ1) is 8.09. The first kappa shape index (κ1) is 11.4.